The number of unbranched alkanes of at least 4 members (excludes halogenated alkanes) is 22. The molecule has 0 amide bonds. The Labute approximate surface area is 190 Å². The van der Waals surface area contributed by atoms with E-state index in [0.29, 0.717) is 0 Å². The lowest BCUT2D eigenvalue weighted by atomic mass is 10.0. The first-order valence-corrected chi connectivity index (χ1v) is 14.8. The molecular weight excluding hydrogens is 368 g/mol. The molecular formula is C28H56S. The third-order valence-corrected chi connectivity index (χ3v) is 7.18. The average Bonchev–Trinajstić information content (AvgIpc) is 2.74. The lowest BCUT2D eigenvalue weighted by Crippen LogP contribution is -1.85. The average molecular weight is 425 g/mol. The highest BCUT2D eigenvalue weighted by molar-refractivity contribution is 7.99. The number of hydrogen-bond acceptors (Lipinski definition) is 1. The molecule has 1 heteroatoms. The van der Waals surface area contributed by atoms with Crippen molar-refractivity contribution in [1.82, 2.24) is 0 Å². The van der Waals surface area contributed by atoms with E-state index in [-0.39, 0.29) is 0 Å². The Bertz CT molecular complexity index is 286. The predicted molar refractivity (Wildman–Crippen MR) is 139 cm³/mol. The molecule has 0 unspecified atom stereocenters. The monoisotopic (exact) mass is 424 g/mol. The molecule has 0 aliphatic rings. The molecule has 0 spiro atoms. The first kappa shape index (κ1) is 29.1. The minimum Gasteiger partial charge on any atom is -0.158 e. The Kier molecular flexibility index (Phi) is 28.2. The molecule has 0 aromatic rings. The van der Waals surface area contributed by atoms with Crippen molar-refractivity contribution in [3.63, 3.8) is 0 Å². The van der Waals surface area contributed by atoms with Crippen molar-refractivity contribution in [3.05, 3.63) is 12.7 Å². The van der Waals surface area contributed by atoms with Crippen LogP contribution in [0.15, 0.2) is 12.7 Å². The zero-order chi connectivity index (χ0) is 21.1. The smallest absolute Gasteiger partial charge is 0.0110 e. The zero-order valence-electron chi connectivity index (χ0n) is 20.4. The molecule has 0 fully saturated rings. The quantitative estimate of drug-likeness (QED) is 0.0982. The Morgan fingerprint density at radius 3 is 1.00 bits per heavy atom. The minimum absolute atomic E-state index is 1.12. The third kappa shape index (κ3) is 28.1. The third-order valence-electron chi connectivity index (χ3n) is 6.13. The molecule has 0 rings (SSSR count). The van der Waals surface area contributed by atoms with Crippen molar-refractivity contribution in [2.24, 2.45) is 0 Å². The molecule has 0 radical (unpaired) electrons. The van der Waals surface area contributed by atoms with Crippen LogP contribution in [0.25, 0.3) is 0 Å². The van der Waals surface area contributed by atoms with Crippen LogP contribution in [0.1, 0.15) is 155 Å². The molecule has 0 bridgehead atoms. The van der Waals surface area contributed by atoms with Gasteiger partial charge in [0.25, 0.3) is 0 Å². The summed E-state index contributed by atoms with van der Waals surface area (Å²) in [5.41, 5.74) is 0. The Balaban J connectivity index is 2.97. The van der Waals surface area contributed by atoms with Crippen LogP contribution in [0.2, 0.25) is 0 Å². The molecule has 0 saturated heterocycles. The van der Waals surface area contributed by atoms with Crippen LogP contribution in [0.4, 0.5) is 0 Å². The fraction of sp³-hybridized carbons (Fsp3) is 0.929. The van der Waals surface area contributed by atoms with Gasteiger partial charge in [-0.05, 0) is 12.2 Å². The summed E-state index contributed by atoms with van der Waals surface area (Å²) < 4.78 is 0. The van der Waals surface area contributed by atoms with Crippen LogP contribution in [0.3, 0.4) is 0 Å². The van der Waals surface area contributed by atoms with E-state index in [0.717, 1.165) is 5.75 Å². The molecule has 29 heavy (non-hydrogen) atoms. The van der Waals surface area contributed by atoms with Crippen molar-refractivity contribution in [2.45, 2.75) is 155 Å². The fourth-order valence-electron chi connectivity index (χ4n) is 4.16. The van der Waals surface area contributed by atoms with Gasteiger partial charge in [-0.3, -0.25) is 0 Å². The summed E-state index contributed by atoms with van der Waals surface area (Å²) in [4.78, 5) is 0. The maximum atomic E-state index is 3.77. The fourth-order valence-corrected chi connectivity index (χ4v) is 4.90. The second-order valence-corrected chi connectivity index (χ2v) is 10.3. The lowest BCUT2D eigenvalue weighted by Gasteiger charge is -2.04. The van der Waals surface area contributed by atoms with Crippen molar-refractivity contribution in [2.75, 3.05) is 11.5 Å². The van der Waals surface area contributed by atoms with Crippen molar-refractivity contribution in [3.8, 4) is 0 Å². The minimum atomic E-state index is 1.12. The second kappa shape index (κ2) is 28.1. The van der Waals surface area contributed by atoms with E-state index in [2.05, 4.69) is 13.5 Å². The van der Waals surface area contributed by atoms with Crippen molar-refractivity contribution < 1.29 is 0 Å². The maximum Gasteiger partial charge on any atom is 0.0110 e. The Morgan fingerprint density at radius 1 is 0.448 bits per heavy atom. The highest BCUT2D eigenvalue weighted by Gasteiger charge is 1.96. The first-order chi connectivity index (χ1) is 14.4. The topological polar surface area (TPSA) is 0 Å². The molecule has 0 aromatic heterocycles. The summed E-state index contributed by atoms with van der Waals surface area (Å²) in [5.74, 6) is 2.45. The molecule has 0 saturated carbocycles. The van der Waals surface area contributed by atoms with Crippen LogP contribution < -0.4 is 0 Å². The molecule has 0 aromatic carbocycles. The molecule has 0 nitrogen and oxygen atoms in total. The van der Waals surface area contributed by atoms with Gasteiger partial charge in [0.05, 0.1) is 0 Å². The van der Waals surface area contributed by atoms with E-state index in [1.54, 1.807) is 0 Å². The van der Waals surface area contributed by atoms with Gasteiger partial charge < -0.3 is 0 Å². The second-order valence-electron chi connectivity index (χ2n) is 9.14. The van der Waals surface area contributed by atoms with Crippen LogP contribution in [-0.2, 0) is 0 Å². The van der Waals surface area contributed by atoms with Gasteiger partial charge in [-0.15, -0.1) is 6.58 Å². The Morgan fingerprint density at radius 2 is 0.724 bits per heavy atom. The summed E-state index contributed by atoms with van der Waals surface area (Å²) >= 11 is 2.03. The van der Waals surface area contributed by atoms with Gasteiger partial charge in [0.15, 0.2) is 0 Å². The molecule has 0 N–H and O–H groups in total. The van der Waals surface area contributed by atoms with Gasteiger partial charge in [0, 0.05) is 5.75 Å². The SMILES string of the molecule is C=CCSCCCCCCCCCCCCCCCCCCCCCCCCC. The summed E-state index contributed by atoms with van der Waals surface area (Å²) in [6.45, 7) is 6.07. The van der Waals surface area contributed by atoms with Gasteiger partial charge in [-0.2, -0.15) is 11.8 Å². The van der Waals surface area contributed by atoms with Crippen LogP contribution >= 0.6 is 11.8 Å². The van der Waals surface area contributed by atoms with E-state index in [1.807, 2.05) is 17.8 Å². The highest BCUT2D eigenvalue weighted by Crippen LogP contribution is 2.15. The molecule has 0 aliphatic heterocycles. The van der Waals surface area contributed by atoms with Gasteiger partial charge >= 0.3 is 0 Å². The summed E-state index contributed by atoms with van der Waals surface area (Å²) in [6.07, 6.45) is 35.8. The first-order valence-electron chi connectivity index (χ1n) is 13.6. The normalized spacial score (nSPS) is 11.2. The van der Waals surface area contributed by atoms with E-state index in [1.165, 1.54) is 153 Å². The van der Waals surface area contributed by atoms with Crippen molar-refractivity contribution >= 4 is 11.8 Å². The largest absolute Gasteiger partial charge is 0.158 e. The van der Waals surface area contributed by atoms with E-state index in [9.17, 15) is 0 Å². The number of thioether (sulfide) groups is 1. The summed E-state index contributed by atoms with van der Waals surface area (Å²) in [5, 5.41) is 0. The molecule has 174 valence electrons. The Hall–Kier alpha value is 0.0900. The highest BCUT2D eigenvalue weighted by atomic mass is 32.2. The van der Waals surface area contributed by atoms with Gasteiger partial charge in [0.2, 0.25) is 0 Å². The van der Waals surface area contributed by atoms with Crippen LogP contribution in [0.5, 0.6) is 0 Å². The van der Waals surface area contributed by atoms with Gasteiger partial charge in [-0.1, -0.05) is 154 Å². The predicted octanol–water partition coefficient (Wildman–Crippen LogP) is 10.9. The molecule has 0 atom stereocenters. The van der Waals surface area contributed by atoms with E-state index < -0.39 is 0 Å². The standard InChI is InChI=1S/C28H56S/c1-3-5-6-7-8-9-10-11-12-13-14-15-16-17-18-19-20-21-22-23-24-25-26-28-29-27-4-2/h4H,2-3,5-28H2,1H3. The van der Waals surface area contributed by atoms with Crippen LogP contribution in [0, 0.1) is 0 Å². The maximum absolute atomic E-state index is 3.77. The molecule has 0 aliphatic carbocycles. The summed E-state index contributed by atoms with van der Waals surface area (Å²) in [7, 11) is 0. The summed E-state index contributed by atoms with van der Waals surface area (Å²) in [6, 6.07) is 0. The van der Waals surface area contributed by atoms with E-state index in [4.69, 9.17) is 0 Å². The zero-order valence-corrected chi connectivity index (χ0v) is 21.2. The molecule has 0 heterocycles. The number of rotatable bonds is 26. The lowest BCUT2D eigenvalue weighted by molar-refractivity contribution is 0.519. The van der Waals surface area contributed by atoms with Gasteiger partial charge in [-0.25, -0.2) is 0 Å². The van der Waals surface area contributed by atoms with E-state index >= 15 is 0 Å². The van der Waals surface area contributed by atoms with Crippen molar-refractivity contribution in [1.29, 1.82) is 0 Å². The van der Waals surface area contributed by atoms with Gasteiger partial charge in [0.1, 0.15) is 0 Å². The number of hydrogen-bond donors (Lipinski definition) is 0. The van der Waals surface area contributed by atoms with Crippen LogP contribution in [-0.4, -0.2) is 11.5 Å².